The second kappa shape index (κ2) is 3.82. The monoisotopic (exact) mass is 208 g/mol. The third-order valence-electron chi connectivity index (χ3n) is 2.18. The molecule has 0 fully saturated rings. The summed E-state index contributed by atoms with van der Waals surface area (Å²) in [6, 6.07) is 5.48. The molecule has 2 atom stereocenters. The van der Waals surface area contributed by atoms with Crippen molar-refractivity contribution in [1.29, 1.82) is 0 Å². The van der Waals surface area contributed by atoms with Gasteiger partial charge in [-0.1, -0.05) is 12.1 Å². The topological polar surface area (TPSA) is 46.5 Å². The lowest BCUT2D eigenvalue weighted by molar-refractivity contribution is -0.150. The summed E-state index contributed by atoms with van der Waals surface area (Å²) in [4.78, 5) is 11.0. The number of ether oxygens (including phenoxy) is 1. The molecule has 0 aromatic heterocycles. The van der Waals surface area contributed by atoms with Crippen molar-refractivity contribution < 1.29 is 19.0 Å². The molecule has 1 heterocycles. The van der Waals surface area contributed by atoms with Crippen LogP contribution in [0.25, 0.3) is 0 Å². The maximum Gasteiger partial charge on any atom is 0.331 e. The molecule has 0 amide bonds. The van der Waals surface area contributed by atoms with Crippen LogP contribution in [0.1, 0.15) is 11.7 Å². The Morgan fingerprint density at radius 1 is 1.27 bits per heavy atom. The van der Waals surface area contributed by atoms with Crippen molar-refractivity contribution in [3.8, 4) is 0 Å². The standard InChI is InChI=1S/C11H9FO3/c12-8-3-1-7(2-4-8)11-9(13)5-6-10(14)15-11/h1-6,9,11,13H/t9-,11-/m1/s1. The molecule has 3 nitrogen and oxygen atoms in total. The van der Waals surface area contributed by atoms with Gasteiger partial charge in [0.25, 0.3) is 0 Å². The zero-order valence-corrected chi connectivity index (χ0v) is 7.76. The fourth-order valence-electron chi connectivity index (χ4n) is 1.43. The summed E-state index contributed by atoms with van der Waals surface area (Å²) in [5.41, 5.74) is 0.571. The number of halogens is 1. The first-order valence-corrected chi connectivity index (χ1v) is 4.49. The van der Waals surface area contributed by atoms with E-state index in [1.807, 2.05) is 0 Å². The summed E-state index contributed by atoms with van der Waals surface area (Å²) in [5.74, 6) is -0.874. The van der Waals surface area contributed by atoms with E-state index in [4.69, 9.17) is 4.74 Å². The summed E-state index contributed by atoms with van der Waals surface area (Å²) >= 11 is 0. The van der Waals surface area contributed by atoms with Crippen molar-refractivity contribution in [1.82, 2.24) is 0 Å². The van der Waals surface area contributed by atoms with Gasteiger partial charge in [0.2, 0.25) is 0 Å². The molecule has 0 radical (unpaired) electrons. The predicted molar refractivity (Wildman–Crippen MR) is 50.4 cm³/mol. The Hall–Kier alpha value is -1.68. The highest BCUT2D eigenvalue weighted by Gasteiger charge is 2.26. The van der Waals surface area contributed by atoms with Crippen LogP contribution in [0.5, 0.6) is 0 Å². The molecule has 4 heteroatoms. The average molecular weight is 208 g/mol. The Kier molecular flexibility index (Phi) is 2.51. The molecule has 0 spiro atoms. The molecule has 1 aromatic rings. The minimum absolute atomic E-state index is 0.370. The van der Waals surface area contributed by atoms with Crippen LogP contribution in [0.2, 0.25) is 0 Å². The van der Waals surface area contributed by atoms with Crippen LogP contribution in [0.3, 0.4) is 0 Å². The van der Waals surface area contributed by atoms with Crippen molar-refractivity contribution >= 4 is 5.97 Å². The van der Waals surface area contributed by atoms with E-state index in [1.54, 1.807) is 0 Å². The summed E-state index contributed by atoms with van der Waals surface area (Å²) in [6.45, 7) is 0. The first-order chi connectivity index (χ1) is 7.16. The van der Waals surface area contributed by atoms with Gasteiger partial charge in [-0.15, -0.1) is 0 Å². The van der Waals surface area contributed by atoms with E-state index in [9.17, 15) is 14.3 Å². The molecule has 0 saturated heterocycles. The van der Waals surface area contributed by atoms with Gasteiger partial charge in [0, 0.05) is 6.08 Å². The molecule has 0 aliphatic carbocycles. The Labute approximate surface area is 85.8 Å². The Morgan fingerprint density at radius 3 is 2.60 bits per heavy atom. The molecular formula is C11H9FO3. The molecule has 0 saturated carbocycles. The van der Waals surface area contributed by atoms with E-state index in [2.05, 4.69) is 0 Å². The highest BCUT2D eigenvalue weighted by molar-refractivity contribution is 5.83. The molecule has 2 rings (SSSR count). The van der Waals surface area contributed by atoms with Crippen LogP contribution < -0.4 is 0 Å². The van der Waals surface area contributed by atoms with Gasteiger partial charge in [0.05, 0.1) is 0 Å². The van der Waals surface area contributed by atoms with Gasteiger partial charge in [-0.3, -0.25) is 0 Å². The number of hydrogen-bond donors (Lipinski definition) is 1. The fraction of sp³-hybridized carbons (Fsp3) is 0.182. The number of carbonyl (C=O) groups excluding carboxylic acids is 1. The third-order valence-corrected chi connectivity index (χ3v) is 2.18. The van der Waals surface area contributed by atoms with E-state index in [-0.39, 0.29) is 5.82 Å². The number of aliphatic hydroxyl groups is 1. The minimum Gasteiger partial charge on any atom is -0.451 e. The first kappa shape index (κ1) is 9.86. The number of benzene rings is 1. The van der Waals surface area contributed by atoms with E-state index in [0.717, 1.165) is 0 Å². The Bertz CT molecular complexity index is 397. The van der Waals surface area contributed by atoms with Gasteiger partial charge in [0.1, 0.15) is 11.9 Å². The van der Waals surface area contributed by atoms with Crippen LogP contribution in [0, 0.1) is 5.82 Å². The Balaban J connectivity index is 2.27. The lowest BCUT2D eigenvalue weighted by atomic mass is 10.0. The number of carbonyl (C=O) groups is 1. The predicted octanol–water partition coefficient (Wildman–Crippen LogP) is 1.34. The zero-order chi connectivity index (χ0) is 10.8. The van der Waals surface area contributed by atoms with Gasteiger partial charge in [-0.25, -0.2) is 9.18 Å². The summed E-state index contributed by atoms with van der Waals surface area (Å²) in [7, 11) is 0. The average Bonchev–Trinajstić information content (AvgIpc) is 2.23. The largest absolute Gasteiger partial charge is 0.451 e. The van der Waals surface area contributed by atoms with Crippen LogP contribution in [0.4, 0.5) is 4.39 Å². The van der Waals surface area contributed by atoms with Crippen molar-refractivity contribution in [2.24, 2.45) is 0 Å². The third kappa shape index (κ3) is 2.05. The lowest BCUT2D eigenvalue weighted by Gasteiger charge is -2.23. The SMILES string of the molecule is O=C1C=C[C@@H](O)[C@@H](c2ccc(F)cc2)O1. The van der Waals surface area contributed by atoms with Crippen molar-refractivity contribution in [2.45, 2.75) is 12.2 Å². The maximum absolute atomic E-state index is 12.6. The summed E-state index contributed by atoms with van der Waals surface area (Å²) in [5, 5.41) is 9.55. The molecule has 1 aromatic carbocycles. The maximum atomic E-state index is 12.6. The number of hydrogen-bond acceptors (Lipinski definition) is 3. The van der Waals surface area contributed by atoms with Gasteiger partial charge in [0.15, 0.2) is 6.10 Å². The van der Waals surface area contributed by atoms with Crippen LogP contribution in [-0.2, 0) is 9.53 Å². The summed E-state index contributed by atoms with van der Waals surface area (Å²) < 4.78 is 17.6. The summed E-state index contributed by atoms with van der Waals surface area (Å²) in [6.07, 6.45) is 0.904. The van der Waals surface area contributed by atoms with Crippen LogP contribution in [0.15, 0.2) is 36.4 Å². The molecule has 0 bridgehead atoms. The van der Waals surface area contributed by atoms with Crippen molar-refractivity contribution in [3.63, 3.8) is 0 Å². The quantitative estimate of drug-likeness (QED) is 0.708. The number of rotatable bonds is 1. The molecule has 78 valence electrons. The van der Waals surface area contributed by atoms with Gasteiger partial charge >= 0.3 is 5.97 Å². The minimum atomic E-state index is -0.881. The molecule has 1 aliphatic heterocycles. The van der Waals surface area contributed by atoms with E-state index < -0.39 is 18.2 Å². The highest BCUT2D eigenvalue weighted by atomic mass is 19.1. The Morgan fingerprint density at radius 2 is 1.93 bits per heavy atom. The second-order valence-corrected chi connectivity index (χ2v) is 3.26. The van der Waals surface area contributed by atoms with Gasteiger partial charge in [-0.05, 0) is 23.8 Å². The van der Waals surface area contributed by atoms with E-state index in [1.165, 1.54) is 36.4 Å². The molecule has 15 heavy (non-hydrogen) atoms. The molecular weight excluding hydrogens is 199 g/mol. The normalized spacial score (nSPS) is 25.1. The molecule has 1 N–H and O–H groups in total. The molecule has 1 aliphatic rings. The first-order valence-electron chi connectivity index (χ1n) is 4.49. The number of cyclic esters (lactones) is 1. The highest BCUT2D eigenvalue weighted by Crippen LogP contribution is 2.25. The van der Waals surface area contributed by atoms with E-state index in [0.29, 0.717) is 5.56 Å². The zero-order valence-electron chi connectivity index (χ0n) is 7.76. The van der Waals surface area contributed by atoms with Gasteiger partial charge < -0.3 is 9.84 Å². The van der Waals surface area contributed by atoms with Crippen molar-refractivity contribution in [2.75, 3.05) is 0 Å². The van der Waals surface area contributed by atoms with E-state index >= 15 is 0 Å². The fourth-order valence-corrected chi connectivity index (χ4v) is 1.43. The van der Waals surface area contributed by atoms with Crippen LogP contribution >= 0.6 is 0 Å². The van der Waals surface area contributed by atoms with Crippen LogP contribution in [-0.4, -0.2) is 17.2 Å². The lowest BCUT2D eigenvalue weighted by Crippen LogP contribution is -2.25. The molecule has 0 unspecified atom stereocenters. The number of esters is 1. The van der Waals surface area contributed by atoms with Gasteiger partial charge in [-0.2, -0.15) is 0 Å². The smallest absolute Gasteiger partial charge is 0.331 e. The second-order valence-electron chi connectivity index (χ2n) is 3.26. The number of aliphatic hydroxyl groups excluding tert-OH is 1. The van der Waals surface area contributed by atoms with Crippen molar-refractivity contribution in [3.05, 3.63) is 47.8 Å².